The molecule has 0 saturated carbocycles. The fraction of sp³-hybridized carbons (Fsp3) is 0.130. The van der Waals surface area contributed by atoms with E-state index in [9.17, 15) is 18.0 Å². The number of hydrogen-bond donors (Lipinski definition) is 1. The first-order valence-electron chi connectivity index (χ1n) is 9.56. The number of benzene rings is 3. The third-order valence-electron chi connectivity index (χ3n) is 4.54. The zero-order valence-corrected chi connectivity index (χ0v) is 19.8. The normalized spacial score (nSPS) is 11.4. The highest BCUT2D eigenvalue weighted by molar-refractivity contribution is 7.99. The molecule has 166 valence electrons. The fourth-order valence-corrected chi connectivity index (χ4v) is 4.96. The van der Waals surface area contributed by atoms with Gasteiger partial charge in [-0.15, -0.1) is 0 Å². The van der Waals surface area contributed by atoms with E-state index in [4.69, 9.17) is 11.6 Å². The van der Waals surface area contributed by atoms with Gasteiger partial charge in [-0.25, -0.2) is 8.42 Å². The second-order valence-corrected chi connectivity index (χ2v) is 10.5. The Hall–Kier alpha value is -2.65. The van der Waals surface area contributed by atoms with Crippen molar-refractivity contribution in [2.24, 2.45) is 0 Å². The van der Waals surface area contributed by atoms with Crippen LogP contribution in [0.2, 0.25) is 5.02 Å². The van der Waals surface area contributed by atoms with Gasteiger partial charge in [0.1, 0.15) is 0 Å². The molecule has 6 nitrogen and oxygen atoms in total. The number of carbonyl (C=O) groups is 2. The lowest BCUT2D eigenvalue weighted by atomic mass is 10.2. The van der Waals surface area contributed by atoms with Crippen LogP contribution < -0.4 is 5.32 Å². The summed E-state index contributed by atoms with van der Waals surface area (Å²) in [5.74, 6) is -0.627. The first kappa shape index (κ1) is 24.0. The number of rotatable bonds is 8. The van der Waals surface area contributed by atoms with E-state index in [1.54, 1.807) is 24.3 Å². The largest absolute Gasteiger partial charge is 0.324 e. The summed E-state index contributed by atoms with van der Waals surface area (Å²) in [6.07, 6.45) is 0. The van der Waals surface area contributed by atoms with Crippen molar-refractivity contribution in [1.29, 1.82) is 0 Å². The smallest absolute Gasteiger partial charge is 0.243 e. The minimum atomic E-state index is -3.89. The molecule has 3 aromatic carbocycles. The minimum absolute atomic E-state index is 0.0106. The summed E-state index contributed by atoms with van der Waals surface area (Å²) in [7, 11) is -2.55. The van der Waals surface area contributed by atoms with Crippen LogP contribution in [0.25, 0.3) is 0 Å². The number of amides is 1. The number of nitrogens with one attached hydrogen (secondary N) is 1. The van der Waals surface area contributed by atoms with Crippen molar-refractivity contribution in [3.8, 4) is 0 Å². The zero-order chi connectivity index (χ0) is 23.3. The molecule has 0 aliphatic heterocycles. The Morgan fingerprint density at radius 2 is 1.59 bits per heavy atom. The molecule has 0 saturated heterocycles. The van der Waals surface area contributed by atoms with Gasteiger partial charge in [0, 0.05) is 27.4 Å². The Morgan fingerprint density at radius 3 is 2.22 bits per heavy atom. The molecule has 1 N–H and O–H groups in total. The van der Waals surface area contributed by atoms with Crippen LogP contribution >= 0.6 is 23.4 Å². The summed E-state index contributed by atoms with van der Waals surface area (Å²) < 4.78 is 26.5. The molecule has 32 heavy (non-hydrogen) atoms. The number of sulfonamides is 1. The molecule has 0 spiro atoms. The van der Waals surface area contributed by atoms with Gasteiger partial charge >= 0.3 is 0 Å². The van der Waals surface area contributed by atoms with Crippen LogP contribution in [0.1, 0.15) is 17.3 Å². The summed E-state index contributed by atoms with van der Waals surface area (Å²) in [5.41, 5.74) is 0.994. The Bertz CT molecular complexity index is 1230. The van der Waals surface area contributed by atoms with Crippen LogP contribution in [0.5, 0.6) is 0 Å². The number of nitrogens with zero attached hydrogens (tertiary/aromatic N) is 1. The highest BCUT2D eigenvalue weighted by Gasteiger charge is 2.23. The van der Waals surface area contributed by atoms with E-state index in [0.717, 1.165) is 14.1 Å². The maximum atomic E-state index is 12.8. The van der Waals surface area contributed by atoms with Crippen molar-refractivity contribution in [3.05, 3.63) is 83.4 Å². The van der Waals surface area contributed by atoms with Crippen molar-refractivity contribution in [2.75, 3.05) is 18.9 Å². The van der Waals surface area contributed by atoms with Gasteiger partial charge in [-0.2, -0.15) is 4.31 Å². The molecule has 0 heterocycles. The van der Waals surface area contributed by atoms with Crippen LogP contribution in [0, 0.1) is 0 Å². The standard InChI is InChI=1S/C23H21ClN2O4S2/c1-16(27)17-7-13-20(14-8-17)32(29,30)26(2)15-23(28)25-21-5-3-4-6-22(21)31-19-11-9-18(24)10-12-19/h3-14H,15H2,1-2H3,(H,25,28). The molecule has 1 amide bonds. The van der Waals surface area contributed by atoms with Gasteiger partial charge in [0.2, 0.25) is 15.9 Å². The van der Waals surface area contributed by atoms with Crippen molar-refractivity contribution in [2.45, 2.75) is 21.6 Å². The van der Waals surface area contributed by atoms with E-state index in [-0.39, 0.29) is 17.2 Å². The van der Waals surface area contributed by atoms with Crippen LogP contribution in [-0.2, 0) is 14.8 Å². The minimum Gasteiger partial charge on any atom is -0.324 e. The summed E-state index contributed by atoms with van der Waals surface area (Å²) in [5, 5.41) is 3.42. The van der Waals surface area contributed by atoms with Gasteiger partial charge in [0.15, 0.2) is 5.78 Å². The van der Waals surface area contributed by atoms with Gasteiger partial charge in [-0.1, -0.05) is 47.6 Å². The Labute approximate surface area is 196 Å². The van der Waals surface area contributed by atoms with E-state index in [1.165, 1.54) is 50.0 Å². The maximum absolute atomic E-state index is 12.8. The van der Waals surface area contributed by atoms with Crippen LogP contribution in [0.3, 0.4) is 0 Å². The number of carbonyl (C=O) groups excluding carboxylic acids is 2. The lowest BCUT2D eigenvalue weighted by molar-refractivity contribution is -0.116. The second-order valence-electron chi connectivity index (χ2n) is 6.94. The number of hydrogen-bond acceptors (Lipinski definition) is 5. The first-order valence-corrected chi connectivity index (χ1v) is 12.2. The Balaban J connectivity index is 1.70. The predicted octanol–water partition coefficient (Wildman–Crippen LogP) is 4.95. The molecule has 0 aliphatic rings. The van der Waals surface area contributed by atoms with Gasteiger partial charge in [-0.3, -0.25) is 9.59 Å². The lowest BCUT2D eigenvalue weighted by Gasteiger charge is -2.18. The third-order valence-corrected chi connectivity index (χ3v) is 7.69. The number of para-hydroxylation sites is 1. The molecule has 0 fully saturated rings. The van der Waals surface area contributed by atoms with Crippen molar-refractivity contribution in [3.63, 3.8) is 0 Å². The van der Waals surface area contributed by atoms with Gasteiger partial charge in [-0.05, 0) is 55.5 Å². The third kappa shape index (κ3) is 5.98. The molecular weight excluding hydrogens is 468 g/mol. The van der Waals surface area contributed by atoms with E-state index in [2.05, 4.69) is 5.32 Å². The highest BCUT2D eigenvalue weighted by Crippen LogP contribution is 2.33. The van der Waals surface area contributed by atoms with Gasteiger partial charge in [0.25, 0.3) is 0 Å². The quantitative estimate of drug-likeness (QED) is 0.453. The topological polar surface area (TPSA) is 83.6 Å². The number of likely N-dealkylation sites (N-methyl/N-ethyl adjacent to an activating group) is 1. The van der Waals surface area contributed by atoms with Crippen molar-refractivity contribution < 1.29 is 18.0 Å². The lowest BCUT2D eigenvalue weighted by Crippen LogP contribution is -2.35. The summed E-state index contributed by atoms with van der Waals surface area (Å²) in [6.45, 7) is 1.04. The number of halogens is 1. The van der Waals surface area contributed by atoms with E-state index in [0.29, 0.717) is 16.3 Å². The van der Waals surface area contributed by atoms with Gasteiger partial charge in [0.05, 0.1) is 17.1 Å². The molecule has 0 aromatic heterocycles. The molecule has 0 aliphatic carbocycles. The van der Waals surface area contributed by atoms with Crippen molar-refractivity contribution >= 4 is 50.8 Å². The first-order chi connectivity index (χ1) is 15.2. The predicted molar refractivity (Wildman–Crippen MR) is 127 cm³/mol. The number of anilines is 1. The average molecular weight is 489 g/mol. The fourth-order valence-electron chi connectivity index (χ4n) is 2.81. The summed E-state index contributed by atoms with van der Waals surface area (Å²) in [4.78, 5) is 25.8. The SMILES string of the molecule is CC(=O)c1ccc(S(=O)(=O)N(C)CC(=O)Nc2ccccc2Sc2ccc(Cl)cc2)cc1. The van der Waals surface area contributed by atoms with Crippen LogP contribution in [-0.4, -0.2) is 38.0 Å². The van der Waals surface area contributed by atoms with E-state index >= 15 is 0 Å². The molecule has 0 unspecified atom stereocenters. The molecule has 3 aromatic rings. The monoisotopic (exact) mass is 488 g/mol. The summed E-state index contributed by atoms with van der Waals surface area (Å²) in [6, 6.07) is 20.2. The molecule has 9 heteroatoms. The molecule has 3 rings (SSSR count). The van der Waals surface area contributed by atoms with Crippen LogP contribution in [0.4, 0.5) is 5.69 Å². The molecular formula is C23H21ClN2O4S2. The molecule has 0 atom stereocenters. The van der Waals surface area contributed by atoms with Crippen molar-refractivity contribution in [1.82, 2.24) is 4.31 Å². The maximum Gasteiger partial charge on any atom is 0.243 e. The van der Waals surface area contributed by atoms with E-state index < -0.39 is 15.9 Å². The van der Waals surface area contributed by atoms with Crippen LogP contribution in [0.15, 0.2) is 87.5 Å². The number of Topliss-reactive ketones (excluding diaryl/α,β-unsaturated/α-hetero) is 1. The number of ketones is 1. The highest BCUT2D eigenvalue weighted by atomic mass is 35.5. The Morgan fingerprint density at radius 1 is 0.969 bits per heavy atom. The van der Waals surface area contributed by atoms with E-state index in [1.807, 2.05) is 24.3 Å². The summed E-state index contributed by atoms with van der Waals surface area (Å²) >= 11 is 7.39. The molecule has 0 radical (unpaired) electrons. The Kier molecular flexibility index (Phi) is 7.73. The molecule has 0 bridgehead atoms. The second kappa shape index (κ2) is 10.3. The average Bonchev–Trinajstić information content (AvgIpc) is 2.76. The van der Waals surface area contributed by atoms with Gasteiger partial charge < -0.3 is 5.32 Å². The zero-order valence-electron chi connectivity index (χ0n) is 17.4.